The third-order valence-electron chi connectivity index (χ3n) is 10.1. The Balaban J connectivity index is 1.46. The van der Waals surface area contributed by atoms with E-state index in [0.29, 0.717) is 17.8 Å². The molecule has 162 valence electrons. The van der Waals surface area contributed by atoms with E-state index in [-0.39, 0.29) is 17.4 Å². The maximum atomic E-state index is 12.0. The van der Waals surface area contributed by atoms with E-state index in [1.165, 1.54) is 19.3 Å². The van der Waals surface area contributed by atoms with Gasteiger partial charge < -0.3 is 19.7 Å². The summed E-state index contributed by atoms with van der Waals surface area (Å²) in [5.41, 5.74) is 2.56. The number of hydrogen-bond donors (Lipinski definition) is 2. The molecule has 5 rings (SSSR count). The fourth-order valence-electron chi connectivity index (χ4n) is 8.30. The lowest BCUT2D eigenvalue weighted by atomic mass is 9.52. The molecule has 4 nitrogen and oxygen atoms in total. The minimum atomic E-state index is -0.749. The number of hydrogen-bond acceptors (Lipinski definition) is 4. The van der Waals surface area contributed by atoms with Gasteiger partial charge in [0.25, 0.3) is 0 Å². The summed E-state index contributed by atoms with van der Waals surface area (Å²) < 4.78 is 11.6. The quantitative estimate of drug-likeness (QED) is 0.542. The highest BCUT2D eigenvalue weighted by molar-refractivity contribution is 5.34. The Bertz CT molecular complexity index is 731. The summed E-state index contributed by atoms with van der Waals surface area (Å²) >= 11 is 0. The Kier molecular flexibility index (Phi) is 4.65. The van der Waals surface area contributed by atoms with Crippen molar-refractivity contribution < 1.29 is 19.7 Å². The minimum absolute atomic E-state index is 0.0161. The lowest BCUT2D eigenvalue weighted by molar-refractivity contribution is -0.213. The Hall–Kier alpha value is -0.680. The molecular weight excluding hydrogens is 364 g/mol. The predicted molar refractivity (Wildman–Crippen MR) is 112 cm³/mol. The molecule has 2 N–H and O–H groups in total. The molecule has 3 saturated carbocycles. The van der Waals surface area contributed by atoms with Gasteiger partial charge in [0.05, 0.1) is 12.2 Å². The van der Waals surface area contributed by atoms with Gasteiger partial charge in [-0.3, -0.25) is 0 Å². The van der Waals surface area contributed by atoms with Crippen molar-refractivity contribution in [2.75, 3.05) is 20.8 Å². The molecule has 0 aliphatic heterocycles. The summed E-state index contributed by atoms with van der Waals surface area (Å²) in [6, 6.07) is 0. The van der Waals surface area contributed by atoms with Crippen molar-refractivity contribution in [2.45, 2.75) is 82.5 Å². The normalized spacial score (nSPS) is 44.7. The summed E-state index contributed by atoms with van der Waals surface area (Å²) in [5, 5.41) is 21.4. The van der Waals surface area contributed by atoms with E-state index in [1.807, 2.05) is 6.08 Å². The molecule has 0 heterocycles. The maximum absolute atomic E-state index is 12.0. The Labute approximate surface area is 175 Å². The monoisotopic (exact) mass is 402 g/mol. The molecule has 4 heteroatoms. The van der Waals surface area contributed by atoms with Gasteiger partial charge in [-0.25, -0.2) is 0 Å². The van der Waals surface area contributed by atoms with Crippen LogP contribution in [0.2, 0.25) is 0 Å². The number of allylic oxidation sites excluding steroid dienone is 1. The average Bonchev–Trinajstić information content (AvgIpc) is 3.50. The van der Waals surface area contributed by atoms with Crippen LogP contribution < -0.4 is 0 Å². The first-order chi connectivity index (χ1) is 13.9. The number of aliphatic hydroxyl groups excluding tert-OH is 1. The molecule has 29 heavy (non-hydrogen) atoms. The average molecular weight is 403 g/mol. The lowest BCUT2D eigenvalue weighted by Crippen LogP contribution is -2.53. The van der Waals surface area contributed by atoms with Gasteiger partial charge in [0.15, 0.2) is 5.79 Å². The van der Waals surface area contributed by atoms with Gasteiger partial charge in [0, 0.05) is 37.9 Å². The van der Waals surface area contributed by atoms with Crippen LogP contribution in [0.25, 0.3) is 0 Å². The van der Waals surface area contributed by atoms with Crippen LogP contribution in [-0.4, -0.2) is 42.4 Å². The third-order valence-corrected chi connectivity index (χ3v) is 10.1. The molecule has 0 saturated heterocycles. The van der Waals surface area contributed by atoms with E-state index in [1.54, 1.807) is 31.4 Å². The molecule has 5 aliphatic rings. The standard InChI is InChI=1S/C25H38O4/c1-22-10-7-19-18-8-11-24(28-2,29-3)15-17(18)5-6-20(19)21(22)16-23(12-13-23)25(22,27)9-4-14-26/h4,9,19-21,26-27H,5-8,10-16H2,1-3H3/t19?,20?,21?,22-,25+/m0/s1. The zero-order valence-corrected chi connectivity index (χ0v) is 18.4. The molecule has 1 spiro atoms. The summed E-state index contributed by atoms with van der Waals surface area (Å²) in [6.07, 6.45) is 14.9. The molecular formula is C25H38O4. The van der Waals surface area contributed by atoms with Crippen molar-refractivity contribution in [3.05, 3.63) is 23.3 Å². The van der Waals surface area contributed by atoms with Gasteiger partial charge in [0.1, 0.15) is 0 Å². The van der Waals surface area contributed by atoms with Gasteiger partial charge in [-0.2, -0.15) is 0 Å². The van der Waals surface area contributed by atoms with Crippen molar-refractivity contribution in [2.24, 2.45) is 28.6 Å². The third kappa shape index (κ3) is 2.58. The van der Waals surface area contributed by atoms with Gasteiger partial charge >= 0.3 is 0 Å². The zero-order valence-electron chi connectivity index (χ0n) is 18.4. The summed E-state index contributed by atoms with van der Waals surface area (Å²) in [6.45, 7) is 2.37. The van der Waals surface area contributed by atoms with Crippen LogP contribution in [0, 0.1) is 28.6 Å². The zero-order chi connectivity index (χ0) is 20.5. The van der Waals surface area contributed by atoms with E-state index in [0.717, 1.165) is 44.9 Å². The van der Waals surface area contributed by atoms with E-state index < -0.39 is 11.4 Å². The van der Waals surface area contributed by atoms with E-state index in [4.69, 9.17) is 9.47 Å². The van der Waals surface area contributed by atoms with Crippen molar-refractivity contribution in [1.82, 2.24) is 0 Å². The fourth-order valence-corrected chi connectivity index (χ4v) is 8.30. The molecule has 0 amide bonds. The Morgan fingerprint density at radius 3 is 2.48 bits per heavy atom. The minimum Gasteiger partial charge on any atom is -0.392 e. The van der Waals surface area contributed by atoms with Gasteiger partial charge in [-0.05, 0) is 69.1 Å². The summed E-state index contributed by atoms with van der Waals surface area (Å²) in [5.74, 6) is 1.54. The topological polar surface area (TPSA) is 58.9 Å². The van der Waals surface area contributed by atoms with Crippen LogP contribution in [-0.2, 0) is 9.47 Å². The molecule has 0 radical (unpaired) electrons. The second-order valence-corrected chi connectivity index (χ2v) is 10.8. The first-order valence-electron chi connectivity index (χ1n) is 11.7. The van der Waals surface area contributed by atoms with Gasteiger partial charge in [-0.1, -0.05) is 30.2 Å². The smallest absolute Gasteiger partial charge is 0.171 e. The molecule has 0 aromatic rings. The van der Waals surface area contributed by atoms with Crippen LogP contribution >= 0.6 is 0 Å². The van der Waals surface area contributed by atoms with E-state index in [9.17, 15) is 10.2 Å². The van der Waals surface area contributed by atoms with Crippen molar-refractivity contribution in [1.29, 1.82) is 0 Å². The first kappa shape index (κ1) is 20.2. The highest BCUT2D eigenvalue weighted by Crippen LogP contribution is 2.76. The number of methoxy groups -OCH3 is 2. The highest BCUT2D eigenvalue weighted by atomic mass is 16.7. The summed E-state index contributed by atoms with van der Waals surface area (Å²) in [4.78, 5) is 0. The number of rotatable bonds is 4. The molecule has 5 atom stereocenters. The molecule has 0 aromatic carbocycles. The van der Waals surface area contributed by atoms with Crippen LogP contribution in [0.4, 0.5) is 0 Å². The molecule has 3 fully saturated rings. The largest absolute Gasteiger partial charge is 0.392 e. The fraction of sp³-hybridized carbons (Fsp3) is 0.840. The van der Waals surface area contributed by atoms with Crippen LogP contribution in [0.15, 0.2) is 23.3 Å². The van der Waals surface area contributed by atoms with Crippen molar-refractivity contribution >= 4 is 0 Å². The predicted octanol–water partition coefficient (Wildman–Crippen LogP) is 4.36. The van der Waals surface area contributed by atoms with E-state index in [2.05, 4.69) is 6.92 Å². The van der Waals surface area contributed by atoms with Gasteiger partial charge in [0.2, 0.25) is 0 Å². The SMILES string of the molecule is COC1(OC)CCC2=C(CCC3C2CC[C@@]2(C)C3CC3(CC3)[C@@]2(O)C=CCO)C1. The lowest BCUT2D eigenvalue weighted by Gasteiger charge is -2.54. The van der Waals surface area contributed by atoms with Crippen LogP contribution in [0.1, 0.15) is 71.1 Å². The Morgan fingerprint density at radius 2 is 1.83 bits per heavy atom. The molecule has 0 aromatic heterocycles. The maximum Gasteiger partial charge on any atom is 0.171 e. The van der Waals surface area contributed by atoms with Crippen LogP contribution in [0.5, 0.6) is 0 Å². The Morgan fingerprint density at radius 1 is 1.07 bits per heavy atom. The number of fused-ring (bicyclic) bond motifs is 4. The van der Waals surface area contributed by atoms with Crippen molar-refractivity contribution in [3.8, 4) is 0 Å². The first-order valence-corrected chi connectivity index (χ1v) is 11.7. The number of ether oxygens (including phenoxy) is 2. The highest BCUT2D eigenvalue weighted by Gasteiger charge is 2.74. The second-order valence-electron chi connectivity index (χ2n) is 10.8. The summed E-state index contributed by atoms with van der Waals surface area (Å²) in [7, 11) is 3.56. The van der Waals surface area contributed by atoms with E-state index >= 15 is 0 Å². The molecule has 3 unspecified atom stereocenters. The molecule has 5 aliphatic carbocycles. The molecule has 0 bridgehead atoms. The van der Waals surface area contributed by atoms with Gasteiger partial charge in [-0.15, -0.1) is 0 Å². The second kappa shape index (κ2) is 6.66. The van der Waals surface area contributed by atoms with Crippen molar-refractivity contribution in [3.63, 3.8) is 0 Å². The number of aliphatic hydroxyl groups is 2. The van der Waals surface area contributed by atoms with Crippen LogP contribution in [0.3, 0.4) is 0 Å².